The highest BCUT2D eigenvalue weighted by Crippen LogP contribution is 2.32. The number of pyridine rings is 1. The zero-order valence-electron chi connectivity index (χ0n) is 14.4. The van der Waals surface area contributed by atoms with Gasteiger partial charge in [-0.3, -0.25) is 14.5 Å². The summed E-state index contributed by atoms with van der Waals surface area (Å²) in [4.78, 5) is 21.3. The quantitative estimate of drug-likeness (QED) is 0.725. The third-order valence-electron chi connectivity index (χ3n) is 4.95. The lowest BCUT2D eigenvalue weighted by Crippen LogP contribution is -2.45. The standard InChI is InChI=1S/C18H21N5OS/c1-21-12-13(11-20-21)18(24)22(2)14-4-8-23(9-5-14)16-3-7-19-15-6-10-25-17(15)16/h3,6-7,10-12,14H,4-5,8-9H2,1-2H3. The van der Waals surface area contributed by atoms with Gasteiger partial charge in [-0.15, -0.1) is 11.3 Å². The lowest BCUT2D eigenvalue weighted by molar-refractivity contribution is 0.0709. The molecular weight excluding hydrogens is 334 g/mol. The van der Waals surface area contributed by atoms with E-state index in [1.165, 1.54) is 10.4 Å². The maximum absolute atomic E-state index is 12.6. The summed E-state index contributed by atoms with van der Waals surface area (Å²) in [6.07, 6.45) is 7.24. The number of fused-ring (bicyclic) bond motifs is 1. The van der Waals surface area contributed by atoms with E-state index in [-0.39, 0.29) is 11.9 Å². The maximum atomic E-state index is 12.6. The number of aromatic nitrogens is 3. The summed E-state index contributed by atoms with van der Waals surface area (Å²) >= 11 is 1.74. The van der Waals surface area contributed by atoms with Crippen molar-refractivity contribution in [2.45, 2.75) is 18.9 Å². The molecule has 0 spiro atoms. The molecule has 7 heteroatoms. The summed E-state index contributed by atoms with van der Waals surface area (Å²) in [5, 5.41) is 6.19. The van der Waals surface area contributed by atoms with Gasteiger partial charge in [0.05, 0.1) is 27.7 Å². The molecule has 0 atom stereocenters. The van der Waals surface area contributed by atoms with E-state index in [1.54, 1.807) is 28.4 Å². The highest BCUT2D eigenvalue weighted by molar-refractivity contribution is 7.17. The second-order valence-electron chi connectivity index (χ2n) is 6.50. The third-order valence-corrected chi connectivity index (χ3v) is 5.87. The van der Waals surface area contributed by atoms with Gasteiger partial charge in [-0.1, -0.05) is 0 Å². The van der Waals surface area contributed by atoms with Crippen LogP contribution in [-0.4, -0.2) is 51.8 Å². The molecule has 1 aliphatic heterocycles. The second-order valence-corrected chi connectivity index (χ2v) is 7.42. The summed E-state index contributed by atoms with van der Waals surface area (Å²) < 4.78 is 2.92. The maximum Gasteiger partial charge on any atom is 0.257 e. The lowest BCUT2D eigenvalue weighted by atomic mass is 10.0. The SMILES string of the molecule is CN(C(=O)c1cnn(C)c1)C1CCN(c2ccnc3ccsc23)CC1. The first-order valence-electron chi connectivity index (χ1n) is 8.46. The molecule has 0 bridgehead atoms. The fraction of sp³-hybridized carbons (Fsp3) is 0.389. The van der Waals surface area contributed by atoms with Crippen LogP contribution in [0.4, 0.5) is 5.69 Å². The number of anilines is 1. The van der Waals surface area contributed by atoms with Crippen LogP contribution < -0.4 is 4.90 Å². The summed E-state index contributed by atoms with van der Waals surface area (Å²) in [5.41, 5.74) is 2.98. The molecule has 1 saturated heterocycles. The molecule has 4 heterocycles. The van der Waals surface area contributed by atoms with E-state index in [1.807, 2.05) is 25.2 Å². The van der Waals surface area contributed by atoms with Crippen molar-refractivity contribution in [3.63, 3.8) is 0 Å². The van der Waals surface area contributed by atoms with Crippen molar-refractivity contribution < 1.29 is 4.79 Å². The molecule has 0 N–H and O–H groups in total. The van der Waals surface area contributed by atoms with Crippen LogP contribution in [0.25, 0.3) is 10.2 Å². The first-order chi connectivity index (χ1) is 12.1. The van der Waals surface area contributed by atoms with Crippen LogP contribution in [0, 0.1) is 0 Å². The molecular formula is C18H21N5OS. The fourth-order valence-electron chi connectivity index (χ4n) is 3.50. The lowest BCUT2D eigenvalue weighted by Gasteiger charge is -2.37. The van der Waals surface area contributed by atoms with E-state index < -0.39 is 0 Å². The Morgan fingerprint density at radius 1 is 1.32 bits per heavy atom. The van der Waals surface area contributed by atoms with Gasteiger partial charge in [-0.2, -0.15) is 5.10 Å². The van der Waals surface area contributed by atoms with Gasteiger partial charge >= 0.3 is 0 Å². The Morgan fingerprint density at radius 3 is 2.84 bits per heavy atom. The van der Waals surface area contributed by atoms with Crippen LogP contribution in [0.2, 0.25) is 0 Å². The Balaban J connectivity index is 1.44. The molecule has 3 aromatic heterocycles. The van der Waals surface area contributed by atoms with Crippen molar-refractivity contribution in [1.29, 1.82) is 0 Å². The Labute approximate surface area is 150 Å². The number of nitrogens with zero attached hydrogens (tertiary/aromatic N) is 5. The predicted octanol–water partition coefficient (Wildman–Crippen LogP) is 2.77. The second kappa shape index (κ2) is 6.48. The van der Waals surface area contributed by atoms with E-state index in [9.17, 15) is 4.79 Å². The van der Waals surface area contributed by atoms with Gasteiger partial charge in [0.15, 0.2) is 0 Å². The molecule has 4 rings (SSSR count). The van der Waals surface area contributed by atoms with Crippen LogP contribution in [0.5, 0.6) is 0 Å². The molecule has 6 nitrogen and oxygen atoms in total. The Morgan fingerprint density at radius 2 is 2.12 bits per heavy atom. The summed E-state index contributed by atoms with van der Waals surface area (Å²) in [6.45, 7) is 1.90. The molecule has 0 saturated carbocycles. The Kier molecular flexibility index (Phi) is 4.17. The minimum absolute atomic E-state index is 0.0520. The number of thiophene rings is 1. The molecule has 25 heavy (non-hydrogen) atoms. The van der Waals surface area contributed by atoms with Crippen molar-refractivity contribution in [2.24, 2.45) is 7.05 Å². The minimum atomic E-state index is 0.0520. The van der Waals surface area contributed by atoms with Crippen LogP contribution in [0.1, 0.15) is 23.2 Å². The predicted molar refractivity (Wildman–Crippen MR) is 100 cm³/mol. The van der Waals surface area contributed by atoms with Gasteiger partial charge < -0.3 is 9.80 Å². The van der Waals surface area contributed by atoms with Gasteiger partial charge in [0.25, 0.3) is 5.91 Å². The highest BCUT2D eigenvalue weighted by atomic mass is 32.1. The highest BCUT2D eigenvalue weighted by Gasteiger charge is 2.27. The average molecular weight is 355 g/mol. The number of aryl methyl sites for hydroxylation is 1. The first kappa shape index (κ1) is 16.1. The summed E-state index contributed by atoms with van der Waals surface area (Å²) in [5.74, 6) is 0.0520. The number of carbonyl (C=O) groups excluding carboxylic acids is 1. The van der Waals surface area contributed by atoms with Crippen molar-refractivity contribution in [3.8, 4) is 0 Å². The zero-order valence-corrected chi connectivity index (χ0v) is 15.2. The van der Waals surface area contributed by atoms with E-state index in [0.717, 1.165) is 31.4 Å². The molecule has 1 fully saturated rings. The van der Waals surface area contributed by atoms with E-state index >= 15 is 0 Å². The summed E-state index contributed by atoms with van der Waals surface area (Å²) in [6, 6.07) is 4.44. The smallest absolute Gasteiger partial charge is 0.257 e. The molecule has 0 aliphatic carbocycles. The molecule has 130 valence electrons. The van der Waals surface area contributed by atoms with Crippen molar-refractivity contribution in [1.82, 2.24) is 19.7 Å². The van der Waals surface area contributed by atoms with Gasteiger partial charge in [0.2, 0.25) is 0 Å². The topological polar surface area (TPSA) is 54.3 Å². The number of hydrogen-bond acceptors (Lipinski definition) is 5. The normalized spacial score (nSPS) is 15.7. The van der Waals surface area contributed by atoms with Crippen LogP contribution in [-0.2, 0) is 7.05 Å². The van der Waals surface area contributed by atoms with E-state index in [4.69, 9.17) is 0 Å². The van der Waals surface area contributed by atoms with Gasteiger partial charge in [-0.05, 0) is 30.4 Å². The molecule has 0 aromatic carbocycles. The number of piperidine rings is 1. The first-order valence-corrected chi connectivity index (χ1v) is 9.34. The largest absolute Gasteiger partial charge is 0.370 e. The molecule has 0 unspecified atom stereocenters. The van der Waals surface area contributed by atoms with Crippen LogP contribution >= 0.6 is 11.3 Å². The monoisotopic (exact) mass is 355 g/mol. The third kappa shape index (κ3) is 3.00. The van der Waals surface area contributed by atoms with E-state index in [0.29, 0.717) is 5.56 Å². The number of hydrogen-bond donors (Lipinski definition) is 0. The molecule has 3 aromatic rings. The number of rotatable bonds is 3. The Bertz CT molecular complexity index is 894. The van der Waals surface area contributed by atoms with E-state index in [2.05, 4.69) is 32.5 Å². The van der Waals surface area contributed by atoms with Crippen LogP contribution in [0.3, 0.4) is 0 Å². The van der Waals surface area contributed by atoms with Crippen molar-refractivity contribution in [3.05, 3.63) is 41.7 Å². The minimum Gasteiger partial charge on any atom is -0.370 e. The van der Waals surface area contributed by atoms with Crippen molar-refractivity contribution in [2.75, 3.05) is 25.0 Å². The molecule has 0 radical (unpaired) electrons. The fourth-order valence-corrected chi connectivity index (χ4v) is 4.40. The number of carbonyl (C=O) groups is 1. The van der Waals surface area contributed by atoms with Gasteiger partial charge in [0, 0.05) is 45.6 Å². The van der Waals surface area contributed by atoms with Crippen molar-refractivity contribution >= 4 is 33.1 Å². The van der Waals surface area contributed by atoms with Gasteiger partial charge in [0.1, 0.15) is 0 Å². The Hall–Kier alpha value is -2.41. The zero-order chi connectivity index (χ0) is 17.4. The van der Waals surface area contributed by atoms with Crippen LogP contribution in [0.15, 0.2) is 36.1 Å². The number of amides is 1. The summed E-state index contributed by atoms with van der Waals surface area (Å²) in [7, 11) is 3.73. The average Bonchev–Trinajstić information content (AvgIpc) is 3.29. The molecule has 1 aliphatic rings. The molecule has 1 amide bonds. The van der Waals surface area contributed by atoms with Gasteiger partial charge in [-0.25, -0.2) is 0 Å².